The predicted molar refractivity (Wildman–Crippen MR) is 111 cm³/mol. The van der Waals surface area contributed by atoms with Crippen LogP contribution in [0.4, 0.5) is 17.6 Å². The lowest BCUT2D eigenvalue weighted by atomic mass is 9.84. The Labute approximate surface area is 192 Å². The van der Waals surface area contributed by atoms with E-state index in [0.29, 0.717) is 16.7 Å². The van der Waals surface area contributed by atoms with Crippen LogP contribution in [0.25, 0.3) is 5.57 Å². The van der Waals surface area contributed by atoms with Crippen molar-refractivity contribution < 1.29 is 36.7 Å². The largest absolute Gasteiger partial charge is 0.471 e. The predicted octanol–water partition coefficient (Wildman–Crippen LogP) is 3.72. The van der Waals surface area contributed by atoms with Gasteiger partial charge >= 0.3 is 18.1 Å². The molecule has 6 nitrogen and oxygen atoms in total. The first-order chi connectivity index (χ1) is 15.3. The molecule has 0 aromatic heterocycles. The third kappa shape index (κ3) is 5.21. The zero-order valence-electron chi connectivity index (χ0n) is 17.6. The first-order valence-corrected chi connectivity index (χ1v) is 10.3. The molecule has 1 saturated carbocycles. The third-order valence-corrected chi connectivity index (χ3v) is 5.96. The van der Waals surface area contributed by atoms with Gasteiger partial charge in [-0.3, -0.25) is 14.4 Å². The van der Waals surface area contributed by atoms with Gasteiger partial charge in [-0.25, -0.2) is 4.39 Å². The van der Waals surface area contributed by atoms with Crippen LogP contribution >= 0.6 is 11.6 Å². The zero-order valence-corrected chi connectivity index (χ0v) is 18.4. The number of ether oxygens (including phenoxy) is 1. The quantitative estimate of drug-likeness (QED) is 0.363. The van der Waals surface area contributed by atoms with Gasteiger partial charge in [0.25, 0.3) is 0 Å². The van der Waals surface area contributed by atoms with Gasteiger partial charge in [-0.2, -0.15) is 13.2 Å². The fourth-order valence-corrected chi connectivity index (χ4v) is 3.83. The molecule has 3 rings (SSSR count). The van der Waals surface area contributed by atoms with E-state index >= 15 is 0 Å². The summed E-state index contributed by atoms with van der Waals surface area (Å²) in [4.78, 5) is 35.8. The lowest BCUT2D eigenvalue weighted by molar-refractivity contribution is -0.175. The average molecular weight is 489 g/mol. The number of halogens is 5. The molecule has 0 radical (unpaired) electrons. The lowest BCUT2D eigenvalue weighted by Gasteiger charge is -2.28. The van der Waals surface area contributed by atoms with Gasteiger partial charge in [0.2, 0.25) is 11.0 Å². The highest BCUT2D eigenvalue weighted by Gasteiger charge is 2.55. The first kappa shape index (κ1) is 24.8. The molecule has 0 spiro atoms. The first-order valence-electron chi connectivity index (χ1n) is 9.96. The van der Waals surface area contributed by atoms with Crippen molar-refractivity contribution in [3.05, 3.63) is 53.6 Å². The minimum absolute atomic E-state index is 0.103. The van der Waals surface area contributed by atoms with Gasteiger partial charge < -0.3 is 15.4 Å². The van der Waals surface area contributed by atoms with Gasteiger partial charge in [0.15, 0.2) is 0 Å². The Morgan fingerprint density at radius 1 is 1.18 bits per heavy atom. The standard InChI is InChI=1S/C22H21ClF4N2O4/c1-12(28-18(31)20(10-11-20)29-19(32)22(25,26)27)13-5-7-14(8-6-13)15-4-3-9-21(23,24)16(15)17(30)33-2/h3-9,12,16H,10-11H2,1-2H3,(H,28,31)(H,29,32). The van der Waals surface area contributed by atoms with Crippen molar-refractivity contribution in [3.8, 4) is 0 Å². The molecule has 0 bridgehead atoms. The van der Waals surface area contributed by atoms with Crippen LogP contribution in [0.15, 0.2) is 42.5 Å². The summed E-state index contributed by atoms with van der Waals surface area (Å²) in [6.45, 7) is 1.62. The normalized spacial score (nSPS) is 24.3. The summed E-state index contributed by atoms with van der Waals surface area (Å²) < 4.78 is 57.0. The van der Waals surface area contributed by atoms with Gasteiger partial charge in [0.1, 0.15) is 11.5 Å². The lowest BCUT2D eigenvalue weighted by Crippen LogP contribution is -2.52. The summed E-state index contributed by atoms with van der Waals surface area (Å²) in [5.41, 5.74) is -0.171. The molecule has 0 aliphatic heterocycles. The van der Waals surface area contributed by atoms with Crippen LogP contribution in [-0.4, -0.2) is 41.7 Å². The van der Waals surface area contributed by atoms with E-state index in [1.807, 2.05) is 0 Å². The number of carbonyl (C=O) groups is 3. The van der Waals surface area contributed by atoms with Crippen LogP contribution in [0.1, 0.15) is 36.9 Å². The van der Waals surface area contributed by atoms with Gasteiger partial charge in [-0.15, -0.1) is 0 Å². The fourth-order valence-electron chi connectivity index (χ4n) is 3.55. The van der Waals surface area contributed by atoms with Crippen LogP contribution in [0.5, 0.6) is 0 Å². The summed E-state index contributed by atoms with van der Waals surface area (Å²) in [7, 11) is 1.13. The molecule has 0 heterocycles. The number of rotatable bonds is 6. The van der Waals surface area contributed by atoms with E-state index in [-0.39, 0.29) is 12.8 Å². The van der Waals surface area contributed by atoms with Crippen LogP contribution < -0.4 is 10.6 Å². The molecule has 3 unspecified atom stereocenters. The van der Waals surface area contributed by atoms with Crippen LogP contribution in [0, 0.1) is 5.92 Å². The summed E-state index contributed by atoms with van der Waals surface area (Å²) in [6.07, 6.45) is -0.886. The number of esters is 1. The van der Waals surface area contributed by atoms with Crippen LogP contribution in [-0.2, 0) is 19.1 Å². The number of alkyl halides is 5. The van der Waals surface area contributed by atoms with E-state index < -0.39 is 46.6 Å². The molecule has 3 atom stereocenters. The second kappa shape index (κ2) is 8.81. The fraction of sp³-hybridized carbons (Fsp3) is 0.409. The smallest absolute Gasteiger partial charge is 0.468 e. The maximum Gasteiger partial charge on any atom is 0.471 e. The van der Waals surface area contributed by atoms with Gasteiger partial charge in [0.05, 0.1) is 13.2 Å². The number of hydrogen-bond acceptors (Lipinski definition) is 4. The van der Waals surface area contributed by atoms with Crippen LogP contribution in [0.3, 0.4) is 0 Å². The van der Waals surface area contributed by atoms with E-state index in [9.17, 15) is 31.9 Å². The highest BCUT2D eigenvalue weighted by atomic mass is 35.5. The topological polar surface area (TPSA) is 84.5 Å². The van der Waals surface area contributed by atoms with E-state index in [1.54, 1.807) is 42.6 Å². The van der Waals surface area contributed by atoms with Crippen molar-refractivity contribution in [2.45, 2.75) is 42.7 Å². The number of carbonyl (C=O) groups excluding carboxylic acids is 3. The molecular weight excluding hydrogens is 468 g/mol. The molecule has 2 aliphatic carbocycles. The van der Waals surface area contributed by atoms with E-state index in [0.717, 1.165) is 13.2 Å². The molecule has 1 fully saturated rings. The SMILES string of the molecule is COC(=O)C1C(c2ccc(C(C)NC(=O)C3(NC(=O)C(F)(F)F)CC3)cc2)=CC=CC1(F)Cl. The maximum absolute atomic E-state index is 14.7. The number of allylic oxidation sites excluding steroid dienone is 3. The van der Waals surface area contributed by atoms with Crippen molar-refractivity contribution in [1.29, 1.82) is 0 Å². The van der Waals surface area contributed by atoms with E-state index in [4.69, 9.17) is 11.6 Å². The Bertz CT molecular complexity index is 1010. The third-order valence-electron chi connectivity index (χ3n) is 5.61. The summed E-state index contributed by atoms with van der Waals surface area (Å²) in [6, 6.07) is 5.84. The van der Waals surface area contributed by atoms with Gasteiger partial charge in [-0.05, 0) is 42.5 Å². The molecular formula is C22H21ClF4N2O4. The second-order valence-electron chi connectivity index (χ2n) is 7.96. The molecule has 1 aromatic carbocycles. The maximum atomic E-state index is 14.7. The molecule has 178 valence electrons. The number of methoxy groups -OCH3 is 1. The molecule has 11 heteroatoms. The Morgan fingerprint density at radius 2 is 1.79 bits per heavy atom. The Balaban J connectivity index is 1.72. The number of nitrogens with one attached hydrogen (secondary N) is 2. The molecule has 2 N–H and O–H groups in total. The van der Waals surface area contributed by atoms with E-state index in [1.165, 1.54) is 6.08 Å². The molecule has 0 saturated heterocycles. The minimum atomic E-state index is -5.08. The van der Waals surface area contributed by atoms with Gasteiger partial charge in [-0.1, -0.05) is 48.0 Å². The molecule has 33 heavy (non-hydrogen) atoms. The monoisotopic (exact) mass is 488 g/mol. The van der Waals surface area contributed by atoms with E-state index in [2.05, 4.69) is 10.1 Å². The van der Waals surface area contributed by atoms with Crippen LogP contribution in [0.2, 0.25) is 0 Å². The molecule has 1 aromatic rings. The molecule has 2 amide bonds. The zero-order chi connectivity index (χ0) is 24.6. The molecule has 2 aliphatic rings. The minimum Gasteiger partial charge on any atom is -0.468 e. The van der Waals surface area contributed by atoms with Crippen molar-refractivity contribution in [2.24, 2.45) is 5.92 Å². The van der Waals surface area contributed by atoms with Crippen molar-refractivity contribution in [1.82, 2.24) is 10.6 Å². The number of benzene rings is 1. The van der Waals surface area contributed by atoms with Gasteiger partial charge in [0, 0.05) is 0 Å². The Morgan fingerprint density at radius 3 is 2.30 bits per heavy atom. The number of amides is 2. The van der Waals surface area contributed by atoms with Crippen molar-refractivity contribution in [3.63, 3.8) is 0 Å². The Kier molecular flexibility index (Phi) is 6.61. The summed E-state index contributed by atoms with van der Waals surface area (Å²) in [5, 5.41) is 1.90. The average Bonchev–Trinajstić information content (AvgIpc) is 3.52. The highest BCUT2D eigenvalue weighted by molar-refractivity contribution is 6.27. The highest BCUT2D eigenvalue weighted by Crippen LogP contribution is 2.42. The van der Waals surface area contributed by atoms with Crippen molar-refractivity contribution in [2.75, 3.05) is 7.11 Å². The summed E-state index contributed by atoms with van der Waals surface area (Å²) >= 11 is 5.87. The second-order valence-corrected chi connectivity index (χ2v) is 8.54. The Hall–Kier alpha value is -2.88. The number of hydrogen-bond donors (Lipinski definition) is 2. The van der Waals surface area contributed by atoms with Crippen molar-refractivity contribution >= 4 is 35.0 Å². The summed E-state index contributed by atoms with van der Waals surface area (Å²) in [5.74, 6) is -5.11.